The fourth-order valence-corrected chi connectivity index (χ4v) is 10.7. The average molecular weight is 1110 g/mol. The monoisotopic (exact) mass is 1110 g/mol. The highest BCUT2D eigenvalue weighted by molar-refractivity contribution is 6.01. The third kappa shape index (κ3) is 11.6. The molecule has 4 aromatic carbocycles. The van der Waals surface area contributed by atoms with Crippen LogP contribution in [0.1, 0.15) is 80.4 Å². The lowest BCUT2D eigenvalue weighted by Crippen LogP contribution is -2.55. The number of fused-ring (bicyclic) bond motifs is 2. The van der Waals surface area contributed by atoms with E-state index in [4.69, 9.17) is 9.47 Å². The van der Waals surface area contributed by atoms with Gasteiger partial charge in [0.1, 0.15) is 22.6 Å². The summed E-state index contributed by atoms with van der Waals surface area (Å²) < 4.78 is 97.4. The summed E-state index contributed by atoms with van der Waals surface area (Å²) in [6.45, 7) is 9.49. The van der Waals surface area contributed by atoms with Gasteiger partial charge < -0.3 is 29.5 Å². The number of rotatable bonds is 12. The van der Waals surface area contributed by atoms with Crippen LogP contribution in [-0.4, -0.2) is 150 Å². The van der Waals surface area contributed by atoms with Gasteiger partial charge >= 0.3 is 12.4 Å². The minimum absolute atomic E-state index is 0.00216. The molecular weight excluding hydrogens is 1050 g/mol. The third-order valence-corrected chi connectivity index (χ3v) is 14.8. The van der Waals surface area contributed by atoms with Gasteiger partial charge in [0, 0.05) is 80.2 Å². The van der Waals surface area contributed by atoms with E-state index < -0.39 is 41.7 Å². The zero-order valence-corrected chi connectivity index (χ0v) is 44.8. The maximum atomic E-state index is 14.3. The SMILES string of the molecule is COc1ccc(-c2nc3c(C(=O)N4CCN(C[C@H](O)c5ccccc5)C[C@H]4C)cnn3c(C(F)(F)F)c2C)cc1.COc1ccc(-c2nc3c(C(=O)N4CCN([C@H](CO)c5ccccc5)C[C@H]4C)cnn3c(C(F)(F)F)c2C)cc1. The number of methoxy groups -OCH3 is 2. The number of carbonyl (C=O) groups is 2. The number of aliphatic hydroxyl groups is 2. The fourth-order valence-electron chi connectivity index (χ4n) is 10.7. The molecule has 2 amide bonds. The first-order valence-corrected chi connectivity index (χ1v) is 25.9. The van der Waals surface area contributed by atoms with Crippen molar-refractivity contribution in [2.45, 2.75) is 64.3 Å². The van der Waals surface area contributed by atoms with Crippen LogP contribution in [0.4, 0.5) is 26.3 Å². The van der Waals surface area contributed by atoms with E-state index in [2.05, 4.69) is 30.0 Å². The topological polar surface area (TPSA) is 166 Å². The summed E-state index contributed by atoms with van der Waals surface area (Å²) in [4.78, 5) is 44.0. The number of β-amino-alcohol motifs (C(OH)–C–C–N with tert-alkyl or cyclic N) is 1. The van der Waals surface area contributed by atoms with Crippen LogP contribution in [0.15, 0.2) is 122 Å². The Morgan fingerprint density at radius 1 is 0.613 bits per heavy atom. The lowest BCUT2D eigenvalue weighted by atomic mass is 10.0. The number of carbonyl (C=O) groups excluding carboxylic acids is 2. The molecule has 2 fully saturated rings. The lowest BCUT2D eigenvalue weighted by molar-refractivity contribution is -0.144. The van der Waals surface area contributed by atoms with Crippen molar-refractivity contribution in [3.8, 4) is 34.0 Å². The van der Waals surface area contributed by atoms with E-state index in [1.165, 1.54) is 28.1 Å². The average Bonchev–Trinajstić information content (AvgIpc) is 4.27. The van der Waals surface area contributed by atoms with E-state index in [1.54, 1.807) is 58.3 Å². The van der Waals surface area contributed by atoms with Gasteiger partial charge in [0.2, 0.25) is 0 Å². The van der Waals surface area contributed by atoms with Crippen molar-refractivity contribution in [2.75, 3.05) is 66.6 Å². The van der Waals surface area contributed by atoms with Crippen molar-refractivity contribution in [1.82, 2.24) is 48.8 Å². The van der Waals surface area contributed by atoms with E-state index in [-0.39, 0.29) is 69.7 Å². The van der Waals surface area contributed by atoms with Gasteiger partial charge in [-0.1, -0.05) is 60.7 Å². The summed E-state index contributed by atoms with van der Waals surface area (Å²) in [7, 11) is 3.01. The second-order valence-corrected chi connectivity index (χ2v) is 19.9. The van der Waals surface area contributed by atoms with E-state index in [0.29, 0.717) is 77.5 Å². The van der Waals surface area contributed by atoms with Gasteiger partial charge in [0.15, 0.2) is 22.7 Å². The van der Waals surface area contributed by atoms with Gasteiger partial charge in [-0.05, 0) is 87.4 Å². The molecule has 10 rings (SSSR count). The molecule has 2 saturated heterocycles. The molecule has 0 radical (unpaired) electrons. The van der Waals surface area contributed by atoms with Gasteiger partial charge in [-0.15, -0.1) is 0 Å². The van der Waals surface area contributed by atoms with Crippen molar-refractivity contribution in [3.63, 3.8) is 0 Å². The Morgan fingerprint density at radius 3 is 1.44 bits per heavy atom. The number of hydrogen-bond acceptors (Lipinski definition) is 12. The number of ether oxygens (including phenoxy) is 2. The Kier molecular flexibility index (Phi) is 16.6. The maximum absolute atomic E-state index is 14.3. The summed E-state index contributed by atoms with van der Waals surface area (Å²) >= 11 is 0. The number of nitrogens with zero attached hydrogens (tertiary/aromatic N) is 10. The second-order valence-electron chi connectivity index (χ2n) is 19.9. The van der Waals surface area contributed by atoms with Gasteiger partial charge in [-0.2, -0.15) is 36.5 Å². The smallest absolute Gasteiger partial charge is 0.433 e. The zero-order valence-electron chi connectivity index (χ0n) is 44.8. The Bertz CT molecular complexity index is 3470. The van der Waals surface area contributed by atoms with Crippen molar-refractivity contribution < 1.29 is 55.6 Å². The second kappa shape index (κ2) is 23.4. The number of benzene rings is 4. The number of alkyl halides is 6. The number of hydrogen-bond donors (Lipinski definition) is 2. The molecule has 4 aromatic heterocycles. The molecule has 4 atom stereocenters. The van der Waals surface area contributed by atoms with Gasteiger partial charge in [-0.3, -0.25) is 19.4 Å². The maximum Gasteiger partial charge on any atom is 0.433 e. The molecule has 22 heteroatoms. The van der Waals surface area contributed by atoms with E-state index in [1.807, 2.05) is 74.5 Å². The number of amides is 2. The number of halogens is 6. The molecule has 2 N–H and O–H groups in total. The predicted octanol–water partition coefficient (Wildman–Crippen LogP) is 9.22. The van der Waals surface area contributed by atoms with E-state index in [0.717, 1.165) is 23.5 Å². The first-order valence-electron chi connectivity index (χ1n) is 25.9. The van der Waals surface area contributed by atoms with E-state index >= 15 is 0 Å². The van der Waals surface area contributed by atoms with Crippen LogP contribution in [0, 0.1) is 13.8 Å². The summed E-state index contributed by atoms with van der Waals surface area (Å²) in [6.07, 6.45) is -7.79. The van der Waals surface area contributed by atoms with Crippen molar-refractivity contribution in [2.24, 2.45) is 0 Å². The largest absolute Gasteiger partial charge is 0.497 e. The Balaban J connectivity index is 0.000000194. The Morgan fingerprint density at radius 2 is 1.04 bits per heavy atom. The Labute approximate surface area is 457 Å². The van der Waals surface area contributed by atoms with Crippen LogP contribution >= 0.6 is 0 Å². The number of aliphatic hydroxyl groups excluding tert-OH is 2. The van der Waals surface area contributed by atoms with Gasteiger partial charge in [0.25, 0.3) is 11.8 Å². The highest BCUT2D eigenvalue weighted by Crippen LogP contribution is 2.39. The van der Waals surface area contributed by atoms with Crippen LogP contribution in [0.5, 0.6) is 11.5 Å². The summed E-state index contributed by atoms with van der Waals surface area (Å²) in [5.74, 6) is 0.245. The molecule has 0 unspecified atom stereocenters. The van der Waals surface area contributed by atoms with Gasteiger partial charge in [0.05, 0.1) is 56.8 Å². The molecule has 16 nitrogen and oxygen atoms in total. The molecule has 0 bridgehead atoms. The molecule has 0 aliphatic carbocycles. The van der Waals surface area contributed by atoms with Gasteiger partial charge in [-0.25, -0.2) is 19.0 Å². The van der Waals surface area contributed by atoms with Crippen LogP contribution in [0.3, 0.4) is 0 Å². The van der Waals surface area contributed by atoms with Crippen molar-refractivity contribution >= 4 is 23.1 Å². The molecule has 6 heterocycles. The lowest BCUT2D eigenvalue weighted by Gasteiger charge is -2.43. The number of aromatic nitrogens is 6. The molecule has 420 valence electrons. The van der Waals surface area contributed by atoms with Crippen molar-refractivity contribution in [3.05, 3.63) is 166 Å². The summed E-state index contributed by atoms with van der Waals surface area (Å²) in [5.41, 5.74) is 0.512. The molecular formula is C58H60F6N10O6. The molecule has 80 heavy (non-hydrogen) atoms. The summed E-state index contributed by atoms with van der Waals surface area (Å²) in [6, 6.07) is 31.4. The molecule has 0 spiro atoms. The highest BCUT2D eigenvalue weighted by atomic mass is 19.4. The standard InChI is InChI=1S/2C29H30F3N5O3/c1-18-16-35(24(17-38)20-7-5-4-6-8-20)13-14-36(18)28(39)23-15-33-37-26(29(30,31)32)19(2)25(34-27(23)37)21-9-11-22(40-3)12-10-21;1-18-16-35(17-24(38)20-7-5-4-6-8-20)13-14-36(18)28(39)23-15-33-37-26(29(30,31)32)19(2)25(34-27(23)37)21-9-11-22(40-3)12-10-21/h2*4-12,15,18,24,38H,13-14,16-17H2,1-3H3/t18-,24-;18-,24+/m11/s1. The first-order chi connectivity index (χ1) is 38.2. The number of piperazine rings is 2. The van der Waals surface area contributed by atoms with Crippen molar-refractivity contribution in [1.29, 1.82) is 0 Å². The predicted molar refractivity (Wildman–Crippen MR) is 286 cm³/mol. The zero-order chi connectivity index (χ0) is 57.2. The minimum Gasteiger partial charge on any atom is -0.497 e. The first kappa shape index (κ1) is 56.8. The molecule has 0 saturated carbocycles. The minimum atomic E-state index is -4.73. The molecule has 2 aliphatic rings. The fraction of sp³-hybridized carbons (Fsp3) is 0.345. The van der Waals surface area contributed by atoms with E-state index in [9.17, 15) is 46.1 Å². The molecule has 2 aliphatic heterocycles. The normalized spacial score (nSPS) is 17.3. The van der Waals surface area contributed by atoms with Crippen LogP contribution < -0.4 is 9.47 Å². The Hall–Kier alpha value is -7.92. The third-order valence-electron chi connectivity index (χ3n) is 14.8. The van der Waals surface area contributed by atoms with Crippen LogP contribution in [0.2, 0.25) is 0 Å². The van der Waals surface area contributed by atoms with Crippen LogP contribution in [0.25, 0.3) is 33.8 Å². The summed E-state index contributed by atoms with van der Waals surface area (Å²) in [5, 5.41) is 28.6. The molecule has 8 aromatic rings. The quantitative estimate of drug-likeness (QED) is 0.112. The highest BCUT2D eigenvalue weighted by Gasteiger charge is 2.42. The van der Waals surface area contributed by atoms with Crippen LogP contribution in [-0.2, 0) is 12.4 Å².